The summed E-state index contributed by atoms with van der Waals surface area (Å²) in [5.41, 5.74) is 2.73. The summed E-state index contributed by atoms with van der Waals surface area (Å²) in [5.74, 6) is -0.0396. The molecule has 4 nitrogen and oxygen atoms in total. The lowest BCUT2D eigenvalue weighted by Gasteiger charge is -2.28. The standard InChI is InChI=1S/C17H17Cl2N3OS/c1-2-22-7-6-9-12(8-22)24-17-13(9)16(23)20-15(21-17)14-10(18)4-3-5-11(14)19/h3-5,15,21H,2,6-8H2,1H3,(H,20,23)/p+1/t15-/m0/s1. The van der Waals surface area contributed by atoms with Crippen LogP contribution in [0.5, 0.6) is 0 Å². The molecule has 1 aromatic heterocycles. The minimum Gasteiger partial charge on any atom is -0.353 e. The Morgan fingerprint density at radius 1 is 1.29 bits per heavy atom. The quantitative estimate of drug-likeness (QED) is 0.747. The van der Waals surface area contributed by atoms with Crippen LogP contribution in [-0.4, -0.2) is 19.0 Å². The van der Waals surface area contributed by atoms with E-state index in [1.54, 1.807) is 34.4 Å². The smallest absolute Gasteiger partial charge is 0.256 e. The first-order valence-electron chi connectivity index (χ1n) is 8.08. The van der Waals surface area contributed by atoms with Crippen molar-refractivity contribution in [1.82, 2.24) is 5.32 Å². The molecule has 3 heterocycles. The van der Waals surface area contributed by atoms with Crippen molar-refractivity contribution in [3.8, 4) is 0 Å². The largest absolute Gasteiger partial charge is 0.353 e. The van der Waals surface area contributed by atoms with Crippen LogP contribution < -0.4 is 15.5 Å². The highest BCUT2D eigenvalue weighted by atomic mass is 35.5. The van der Waals surface area contributed by atoms with Crippen LogP contribution in [0.25, 0.3) is 0 Å². The van der Waals surface area contributed by atoms with Crippen molar-refractivity contribution in [3.63, 3.8) is 0 Å². The molecule has 2 aliphatic rings. The number of quaternary nitrogens is 1. The van der Waals surface area contributed by atoms with Crippen molar-refractivity contribution in [2.24, 2.45) is 0 Å². The SMILES string of the molecule is CC[NH+]1CCc2c(sc3c2C(=O)N[C@H](c2c(Cl)cccc2Cl)N3)C1. The summed E-state index contributed by atoms with van der Waals surface area (Å²) in [7, 11) is 0. The number of hydrogen-bond donors (Lipinski definition) is 3. The van der Waals surface area contributed by atoms with Crippen molar-refractivity contribution < 1.29 is 9.69 Å². The van der Waals surface area contributed by atoms with Gasteiger partial charge in [0.2, 0.25) is 0 Å². The zero-order valence-electron chi connectivity index (χ0n) is 13.2. The molecule has 2 aromatic rings. The molecular weight excluding hydrogens is 365 g/mol. The Hall–Kier alpha value is -1.27. The molecule has 1 amide bonds. The topological polar surface area (TPSA) is 45.6 Å². The van der Waals surface area contributed by atoms with E-state index < -0.39 is 6.17 Å². The zero-order chi connectivity index (χ0) is 16.8. The molecule has 0 spiro atoms. The first kappa shape index (κ1) is 16.2. The Bertz CT molecular complexity index is 800. The van der Waals surface area contributed by atoms with E-state index in [1.807, 2.05) is 0 Å². The Labute approximate surface area is 154 Å². The van der Waals surface area contributed by atoms with Crippen LogP contribution >= 0.6 is 34.5 Å². The molecule has 0 radical (unpaired) electrons. The minimum atomic E-state index is -0.402. The summed E-state index contributed by atoms with van der Waals surface area (Å²) in [5, 5.41) is 8.46. The normalized spacial score (nSPS) is 22.4. The van der Waals surface area contributed by atoms with E-state index in [-0.39, 0.29) is 5.91 Å². The number of carbonyl (C=O) groups excluding carboxylic acids is 1. The van der Waals surface area contributed by atoms with Crippen LogP contribution in [0.2, 0.25) is 10.0 Å². The first-order valence-corrected chi connectivity index (χ1v) is 9.65. The summed E-state index contributed by atoms with van der Waals surface area (Å²) >= 11 is 14.3. The molecule has 1 unspecified atom stereocenters. The molecule has 7 heteroatoms. The number of amides is 1. The van der Waals surface area contributed by atoms with Gasteiger partial charge >= 0.3 is 0 Å². The van der Waals surface area contributed by atoms with Crippen LogP contribution in [0.1, 0.15) is 39.5 Å². The number of halogens is 2. The summed E-state index contributed by atoms with van der Waals surface area (Å²) < 4.78 is 0. The molecule has 3 N–H and O–H groups in total. The Balaban J connectivity index is 1.71. The Kier molecular flexibility index (Phi) is 4.21. The van der Waals surface area contributed by atoms with Crippen molar-refractivity contribution in [3.05, 3.63) is 49.8 Å². The molecule has 0 fully saturated rings. The lowest BCUT2D eigenvalue weighted by molar-refractivity contribution is -0.913. The maximum atomic E-state index is 12.7. The van der Waals surface area contributed by atoms with E-state index in [1.165, 1.54) is 10.4 Å². The number of carbonyl (C=O) groups is 1. The lowest BCUT2D eigenvalue weighted by atomic mass is 10.0. The number of rotatable bonds is 2. The summed E-state index contributed by atoms with van der Waals surface area (Å²) in [6.45, 7) is 5.39. The molecule has 0 bridgehead atoms. The number of fused-ring (bicyclic) bond motifs is 3. The molecule has 0 aliphatic carbocycles. The van der Waals surface area contributed by atoms with Gasteiger partial charge in [0.15, 0.2) is 0 Å². The van der Waals surface area contributed by atoms with Gasteiger partial charge in [-0.1, -0.05) is 29.3 Å². The highest BCUT2D eigenvalue weighted by Gasteiger charge is 2.35. The van der Waals surface area contributed by atoms with Crippen LogP contribution in [0.3, 0.4) is 0 Å². The van der Waals surface area contributed by atoms with Crippen molar-refractivity contribution >= 4 is 45.4 Å². The highest BCUT2D eigenvalue weighted by Crippen LogP contribution is 2.41. The number of hydrogen-bond acceptors (Lipinski definition) is 3. The van der Waals surface area contributed by atoms with Crippen molar-refractivity contribution in [1.29, 1.82) is 0 Å². The molecule has 0 saturated carbocycles. The molecule has 2 aliphatic heterocycles. The summed E-state index contributed by atoms with van der Waals surface area (Å²) in [4.78, 5) is 15.6. The van der Waals surface area contributed by atoms with E-state index in [4.69, 9.17) is 23.2 Å². The second-order valence-electron chi connectivity index (χ2n) is 6.17. The van der Waals surface area contributed by atoms with Gasteiger partial charge in [-0.15, -0.1) is 11.3 Å². The minimum absolute atomic E-state index is 0.0396. The molecule has 0 saturated heterocycles. The monoisotopic (exact) mass is 382 g/mol. The van der Waals surface area contributed by atoms with Crippen LogP contribution in [0.4, 0.5) is 5.00 Å². The second kappa shape index (κ2) is 6.23. The van der Waals surface area contributed by atoms with E-state index in [0.29, 0.717) is 15.6 Å². The number of nitrogens with one attached hydrogen (secondary N) is 3. The van der Waals surface area contributed by atoms with Gasteiger partial charge in [-0.05, 0) is 24.6 Å². The van der Waals surface area contributed by atoms with Gasteiger partial charge in [0.25, 0.3) is 5.91 Å². The van der Waals surface area contributed by atoms with E-state index in [2.05, 4.69) is 17.6 Å². The fourth-order valence-electron chi connectivity index (χ4n) is 3.48. The molecule has 24 heavy (non-hydrogen) atoms. The third kappa shape index (κ3) is 2.60. The van der Waals surface area contributed by atoms with Gasteiger partial charge in [0, 0.05) is 22.0 Å². The first-order chi connectivity index (χ1) is 11.6. The highest BCUT2D eigenvalue weighted by molar-refractivity contribution is 7.16. The maximum absolute atomic E-state index is 12.7. The van der Waals surface area contributed by atoms with E-state index in [0.717, 1.165) is 36.6 Å². The fraction of sp³-hybridized carbons (Fsp3) is 0.353. The second-order valence-corrected chi connectivity index (χ2v) is 8.09. The zero-order valence-corrected chi connectivity index (χ0v) is 15.5. The summed E-state index contributed by atoms with van der Waals surface area (Å²) in [6, 6.07) is 5.37. The number of thiophene rings is 1. The van der Waals surface area contributed by atoms with Gasteiger partial charge in [0.05, 0.1) is 23.5 Å². The molecule has 4 rings (SSSR count). The third-order valence-electron chi connectivity index (χ3n) is 4.80. The molecule has 2 atom stereocenters. The van der Waals surface area contributed by atoms with E-state index in [9.17, 15) is 4.79 Å². The predicted molar refractivity (Wildman–Crippen MR) is 98.4 cm³/mol. The van der Waals surface area contributed by atoms with Crippen LogP contribution in [0, 0.1) is 0 Å². The van der Waals surface area contributed by atoms with Gasteiger partial charge < -0.3 is 15.5 Å². The average Bonchev–Trinajstić information content (AvgIpc) is 2.92. The molecule has 1 aromatic carbocycles. The predicted octanol–water partition coefficient (Wildman–Crippen LogP) is 2.87. The average molecular weight is 383 g/mol. The Morgan fingerprint density at radius 2 is 2.04 bits per heavy atom. The van der Waals surface area contributed by atoms with Gasteiger partial charge in [0.1, 0.15) is 17.7 Å². The fourth-order valence-corrected chi connectivity index (χ4v) is 5.44. The Morgan fingerprint density at radius 3 is 2.75 bits per heavy atom. The number of likely N-dealkylation sites (N-methyl/N-ethyl adjacent to an activating group) is 1. The maximum Gasteiger partial charge on any atom is 0.256 e. The van der Waals surface area contributed by atoms with Crippen LogP contribution in [-0.2, 0) is 13.0 Å². The lowest BCUT2D eigenvalue weighted by Crippen LogP contribution is -3.11. The number of anilines is 1. The van der Waals surface area contributed by atoms with Gasteiger partial charge in [-0.2, -0.15) is 0 Å². The van der Waals surface area contributed by atoms with Crippen molar-refractivity contribution in [2.75, 3.05) is 18.4 Å². The molecule has 126 valence electrons. The van der Waals surface area contributed by atoms with Gasteiger partial charge in [-0.3, -0.25) is 4.79 Å². The third-order valence-corrected chi connectivity index (χ3v) is 6.62. The van der Waals surface area contributed by atoms with E-state index >= 15 is 0 Å². The summed E-state index contributed by atoms with van der Waals surface area (Å²) in [6.07, 6.45) is 0.553. The molecular formula is C17H18Cl2N3OS+. The van der Waals surface area contributed by atoms with Gasteiger partial charge in [-0.25, -0.2) is 0 Å². The van der Waals surface area contributed by atoms with Crippen molar-refractivity contribution in [2.45, 2.75) is 26.1 Å². The van der Waals surface area contributed by atoms with Crippen LogP contribution in [0.15, 0.2) is 18.2 Å². The number of benzene rings is 1.